The zero-order valence-corrected chi connectivity index (χ0v) is 11.1. The molecule has 0 bridgehead atoms. The van der Waals surface area contributed by atoms with Crippen molar-refractivity contribution in [2.24, 2.45) is 0 Å². The monoisotopic (exact) mass is 246 g/mol. The number of hydrogen-bond acceptors (Lipinski definition) is 3. The molecule has 3 nitrogen and oxygen atoms in total. The van der Waals surface area contributed by atoms with Gasteiger partial charge in [0.25, 0.3) is 0 Å². The molecular weight excluding hydrogens is 224 g/mol. The average molecular weight is 246 g/mol. The van der Waals surface area contributed by atoms with Gasteiger partial charge in [0.05, 0.1) is 12.2 Å². The summed E-state index contributed by atoms with van der Waals surface area (Å²) in [6.45, 7) is 5.52. The largest absolute Gasteiger partial charge is 0.485 e. The predicted molar refractivity (Wildman–Crippen MR) is 74.2 cm³/mol. The molecule has 3 rings (SSSR count). The van der Waals surface area contributed by atoms with Crippen LogP contribution in [0.5, 0.6) is 5.75 Å². The third-order valence-corrected chi connectivity index (χ3v) is 4.08. The van der Waals surface area contributed by atoms with Gasteiger partial charge < -0.3 is 10.1 Å². The summed E-state index contributed by atoms with van der Waals surface area (Å²) < 4.78 is 6.08. The van der Waals surface area contributed by atoms with E-state index in [0.29, 0.717) is 6.04 Å². The number of nitrogens with one attached hydrogen (secondary N) is 1. The van der Waals surface area contributed by atoms with Gasteiger partial charge in [-0.2, -0.15) is 0 Å². The summed E-state index contributed by atoms with van der Waals surface area (Å²) in [4.78, 5) is 2.57. The number of rotatable bonds is 2. The topological polar surface area (TPSA) is 24.5 Å². The summed E-state index contributed by atoms with van der Waals surface area (Å²) in [7, 11) is 0. The van der Waals surface area contributed by atoms with Crippen molar-refractivity contribution in [3.05, 3.63) is 24.3 Å². The summed E-state index contributed by atoms with van der Waals surface area (Å²) in [5, 5.41) is 3.47. The SMILES string of the molecule is CC1CCCCN1CC1CNc2ccccc2O1. The van der Waals surface area contributed by atoms with Crippen LogP contribution in [0.4, 0.5) is 5.69 Å². The molecule has 0 aromatic heterocycles. The number of para-hydroxylation sites is 2. The lowest BCUT2D eigenvalue weighted by Crippen LogP contribution is -2.46. The quantitative estimate of drug-likeness (QED) is 0.868. The first kappa shape index (κ1) is 11.8. The Morgan fingerprint density at radius 1 is 1.33 bits per heavy atom. The van der Waals surface area contributed by atoms with Crippen molar-refractivity contribution in [3.8, 4) is 5.75 Å². The van der Waals surface area contributed by atoms with Gasteiger partial charge in [-0.3, -0.25) is 4.90 Å². The Balaban J connectivity index is 1.62. The Bertz CT molecular complexity index is 407. The van der Waals surface area contributed by atoms with Gasteiger partial charge in [0.2, 0.25) is 0 Å². The highest BCUT2D eigenvalue weighted by Crippen LogP contribution is 2.29. The molecule has 2 aliphatic heterocycles. The Morgan fingerprint density at radius 2 is 2.22 bits per heavy atom. The second-order valence-corrected chi connectivity index (χ2v) is 5.46. The molecule has 0 saturated carbocycles. The lowest BCUT2D eigenvalue weighted by molar-refractivity contribution is 0.0897. The first-order valence-corrected chi connectivity index (χ1v) is 7.06. The van der Waals surface area contributed by atoms with Crippen LogP contribution in [0.2, 0.25) is 0 Å². The average Bonchev–Trinajstić information content (AvgIpc) is 2.41. The molecule has 1 aromatic rings. The molecule has 1 fully saturated rings. The predicted octanol–water partition coefficient (Wildman–Crippen LogP) is 2.73. The van der Waals surface area contributed by atoms with Crippen molar-refractivity contribution in [2.75, 3.05) is 25.0 Å². The van der Waals surface area contributed by atoms with Gasteiger partial charge in [-0.1, -0.05) is 18.6 Å². The lowest BCUT2D eigenvalue weighted by Gasteiger charge is -2.37. The molecule has 0 radical (unpaired) electrons. The Kier molecular flexibility index (Phi) is 3.41. The highest BCUT2D eigenvalue weighted by Gasteiger charge is 2.25. The number of likely N-dealkylation sites (tertiary alicyclic amines) is 1. The molecule has 98 valence electrons. The molecule has 1 N–H and O–H groups in total. The van der Waals surface area contributed by atoms with Crippen LogP contribution in [0.1, 0.15) is 26.2 Å². The van der Waals surface area contributed by atoms with Crippen molar-refractivity contribution >= 4 is 5.69 Å². The number of piperidine rings is 1. The van der Waals surface area contributed by atoms with Crippen LogP contribution in [0, 0.1) is 0 Å². The van der Waals surface area contributed by atoms with E-state index in [1.807, 2.05) is 18.2 Å². The zero-order valence-electron chi connectivity index (χ0n) is 11.1. The fourth-order valence-electron chi connectivity index (χ4n) is 2.95. The first-order chi connectivity index (χ1) is 8.83. The van der Waals surface area contributed by atoms with E-state index < -0.39 is 0 Å². The van der Waals surface area contributed by atoms with Crippen LogP contribution in [0.3, 0.4) is 0 Å². The summed E-state index contributed by atoms with van der Waals surface area (Å²) in [5.74, 6) is 0.999. The lowest BCUT2D eigenvalue weighted by atomic mass is 10.0. The molecule has 2 unspecified atom stereocenters. The number of ether oxygens (including phenoxy) is 1. The van der Waals surface area contributed by atoms with Crippen LogP contribution in [-0.4, -0.2) is 36.7 Å². The van der Waals surface area contributed by atoms with Gasteiger partial charge in [-0.05, 0) is 38.4 Å². The summed E-state index contributed by atoms with van der Waals surface area (Å²) >= 11 is 0. The maximum absolute atomic E-state index is 6.08. The molecule has 3 heteroatoms. The molecule has 18 heavy (non-hydrogen) atoms. The smallest absolute Gasteiger partial charge is 0.142 e. The second kappa shape index (κ2) is 5.19. The van der Waals surface area contributed by atoms with E-state index in [4.69, 9.17) is 4.74 Å². The van der Waals surface area contributed by atoms with Crippen molar-refractivity contribution in [2.45, 2.75) is 38.3 Å². The third-order valence-electron chi connectivity index (χ3n) is 4.08. The number of fused-ring (bicyclic) bond motifs is 1. The van der Waals surface area contributed by atoms with E-state index in [0.717, 1.165) is 24.5 Å². The fraction of sp³-hybridized carbons (Fsp3) is 0.600. The fourth-order valence-corrected chi connectivity index (χ4v) is 2.95. The Labute approximate surface area is 109 Å². The third kappa shape index (κ3) is 2.46. The van der Waals surface area contributed by atoms with E-state index in [-0.39, 0.29) is 6.10 Å². The molecular formula is C15H22N2O. The maximum atomic E-state index is 6.08. The zero-order chi connectivity index (χ0) is 12.4. The van der Waals surface area contributed by atoms with Crippen molar-refractivity contribution in [3.63, 3.8) is 0 Å². The minimum atomic E-state index is 0.278. The van der Waals surface area contributed by atoms with Gasteiger partial charge >= 0.3 is 0 Å². The number of nitrogens with zero attached hydrogens (tertiary/aromatic N) is 1. The maximum Gasteiger partial charge on any atom is 0.142 e. The second-order valence-electron chi connectivity index (χ2n) is 5.46. The minimum Gasteiger partial charge on any atom is -0.485 e. The van der Waals surface area contributed by atoms with Crippen LogP contribution in [0.15, 0.2) is 24.3 Å². The van der Waals surface area contributed by atoms with E-state index in [1.165, 1.54) is 25.8 Å². The van der Waals surface area contributed by atoms with Gasteiger partial charge in [0.15, 0.2) is 0 Å². The van der Waals surface area contributed by atoms with E-state index in [1.54, 1.807) is 0 Å². The van der Waals surface area contributed by atoms with Crippen LogP contribution in [-0.2, 0) is 0 Å². The minimum absolute atomic E-state index is 0.278. The molecule has 2 heterocycles. The molecule has 2 aliphatic rings. The van der Waals surface area contributed by atoms with Gasteiger partial charge in [0, 0.05) is 12.6 Å². The highest BCUT2D eigenvalue weighted by molar-refractivity contribution is 5.57. The van der Waals surface area contributed by atoms with E-state index in [9.17, 15) is 0 Å². The number of anilines is 1. The molecule has 0 spiro atoms. The van der Waals surface area contributed by atoms with Crippen LogP contribution >= 0.6 is 0 Å². The number of benzene rings is 1. The van der Waals surface area contributed by atoms with Gasteiger partial charge in [0.1, 0.15) is 11.9 Å². The molecule has 0 aliphatic carbocycles. The highest BCUT2D eigenvalue weighted by atomic mass is 16.5. The summed E-state index contributed by atoms with van der Waals surface area (Å²) in [5.41, 5.74) is 1.13. The number of hydrogen-bond donors (Lipinski definition) is 1. The molecule has 2 atom stereocenters. The Morgan fingerprint density at radius 3 is 3.11 bits per heavy atom. The van der Waals surface area contributed by atoms with Crippen LogP contribution < -0.4 is 10.1 Å². The van der Waals surface area contributed by atoms with Gasteiger partial charge in [-0.15, -0.1) is 0 Å². The van der Waals surface area contributed by atoms with Crippen molar-refractivity contribution < 1.29 is 4.74 Å². The van der Waals surface area contributed by atoms with Crippen molar-refractivity contribution in [1.82, 2.24) is 4.90 Å². The van der Waals surface area contributed by atoms with Crippen molar-refractivity contribution in [1.29, 1.82) is 0 Å². The molecule has 1 saturated heterocycles. The molecule has 0 amide bonds. The normalized spacial score (nSPS) is 28.1. The molecule has 1 aromatic carbocycles. The van der Waals surface area contributed by atoms with Crippen LogP contribution in [0.25, 0.3) is 0 Å². The standard InChI is InChI=1S/C15H22N2O/c1-12-6-4-5-9-17(12)11-13-10-16-14-7-2-3-8-15(14)18-13/h2-3,7-8,12-13,16H,4-6,9-11H2,1H3. The van der Waals surface area contributed by atoms with E-state index >= 15 is 0 Å². The summed E-state index contributed by atoms with van der Waals surface area (Å²) in [6, 6.07) is 8.91. The Hall–Kier alpha value is -1.22. The summed E-state index contributed by atoms with van der Waals surface area (Å²) in [6.07, 6.45) is 4.32. The van der Waals surface area contributed by atoms with Gasteiger partial charge in [-0.25, -0.2) is 0 Å². The first-order valence-electron chi connectivity index (χ1n) is 7.06. The van der Waals surface area contributed by atoms with E-state index in [2.05, 4.69) is 23.2 Å².